The lowest BCUT2D eigenvalue weighted by atomic mass is 9.95. The average Bonchev–Trinajstić information content (AvgIpc) is 3.54. The monoisotopic (exact) mass is 699 g/mol. The normalized spacial score (nSPS) is 14.8. The van der Waals surface area contributed by atoms with Crippen LogP contribution in [0.3, 0.4) is 0 Å². The van der Waals surface area contributed by atoms with Crippen molar-refractivity contribution in [2.24, 2.45) is 5.10 Å². The molecule has 1 aromatic heterocycles. The van der Waals surface area contributed by atoms with Crippen molar-refractivity contribution in [2.75, 3.05) is 20.3 Å². The van der Waals surface area contributed by atoms with Crippen LogP contribution in [0.4, 0.5) is 4.79 Å². The first kappa shape index (κ1) is 35.5. The third-order valence-electron chi connectivity index (χ3n) is 8.54. The molecule has 0 saturated carbocycles. The minimum absolute atomic E-state index is 0.154. The number of ether oxygens (including phenoxy) is 3. The van der Waals surface area contributed by atoms with Gasteiger partial charge in [0.05, 0.1) is 42.9 Å². The fourth-order valence-corrected chi connectivity index (χ4v) is 6.12. The van der Waals surface area contributed by atoms with Gasteiger partial charge in [-0.2, -0.15) is 5.10 Å². The van der Waals surface area contributed by atoms with Crippen LogP contribution in [-0.4, -0.2) is 54.4 Å². The van der Waals surface area contributed by atoms with E-state index in [0.717, 1.165) is 33.8 Å². The van der Waals surface area contributed by atoms with Crippen molar-refractivity contribution in [3.05, 3.63) is 137 Å². The molecule has 1 aliphatic rings. The number of benzene rings is 4. The van der Waals surface area contributed by atoms with Crippen molar-refractivity contribution < 1.29 is 28.9 Å². The molecule has 6 rings (SSSR count). The molecule has 1 aliphatic heterocycles. The van der Waals surface area contributed by atoms with Gasteiger partial charge in [-0.05, 0) is 67.8 Å². The zero-order valence-corrected chi connectivity index (χ0v) is 29.4. The lowest BCUT2D eigenvalue weighted by Crippen LogP contribution is -2.45. The maximum absolute atomic E-state index is 12.6. The number of esters is 1. The molecular formula is C41H41N5O6. The number of nitrogens with zero attached hydrogens (tertiary/aromatic N) is 2. The van der Waals surface area contributed by atoms with E-state index in [9.17, 15) is 14.7 Å². The maximum Gasteiger partial charge on any atom is 0.337 e. The zero-order chi connectivity index (χ0) is 36.6. The van der Waals surface area contributed by atoms with Gasteiger partial charge in [0.1, 0.15) is 6.61 Å². The molecule has 2 amide bonds. The van der Waals surface area contributed by atoms with Crippen LogP contribution in [0.25, 0.3) is 28.2 Å². The summed E-state index contributed by atoms with van der Waals surface area (Å²) in [6, 6.07) is 34.7. The molecule has 5 aromatic rings. The van der Waals surface area contributed by atoms with Gasteiger partial charge in [-0.25, -0.2) is 9.59 Å². The minimum Gasteiger partial charge on any atom is -0.490 e. The van der Waals surface area contributed by atoms with Crippen molar-refractivity contribution >= 4 is 18.2 Å². The summed E-state index contributed by atoms with van der Waals surface area (Å²) in [6.45, 7) is 5.71. The Balaban J connectivity index is 1.24. The summed E-state index contributed by atoms with van der Waals surface area (Å²) in [5, 5.41) is 20.7. The molecule has 52 heavy (non-hydrogen) atoms. The van der Waals surface area contributed by atoms with E-state index in [2.05, 4.69) is 87.2 Å². The fourth-order valence-electron chi connectivity index (χ4n) is 6.12. The molecule has 2 heterocycles. The third-order valence-corrected chi connectivity index (χ3v) is 8.54. The molecule has 11 heteroatoms. The number of methoxy groups -OCH3 is 1. The van der Waals surface area contributed by atoms with Crippen LogP contribution in [-0.2, 0) is 9.53 Å². The SMILES string of the molecule is CCOc1cc([C@@H]2NC(=O)NC(C)=C2C(=O)OC)ccc1OC[C@H](O)N/N=C/c1cc(-c2ccccc2)n(-c2ccc(C)cc2)c1-c1ccccc1. The van der Waals surface area contributed by atoms with Gasteiger partial charge < -0.3 is 34.5 Å². The summed E-state index contributed by atoms with van der Waals surface area (Å²) in [4.78, 5) is 24.9. The molecule has 0 saturated heterocycles. The molecule has 0 fully saturated rings. The summed E-state index contributed by atoms with van der Waals surface area (Å²) < 4.78 is 19.0. The van der Waals surface area contributed by atoms with Gasteiger partial charge >= 0.3 is 12.0 Å². The van der Waals surface area contributed by atoms with Gasteiger partial charge in [-0.3, -0.25) is 5.43 Å². The second-order valence-corrected chi connectivity index (χ2v) is 12.2. The Bertz CT molecular complexity index is 2090. The number of allylic oxidation sites excluding steroid dienone is 1. The van der Waals surface area contributed by atoms with Gasteiger partial charge in [0.2, 0.25) is 0 Å². The van der Waals surface area contributed by atoms with Crippen molar-refractivity contribution in [3.63, 3.8) is 0 Å². The van der Waals surface area contributed by atoms with Gasteiger partial charge in [0.25, 0.3) is 0 Å². The second kappa shape index (κ2) is 16.1. The van der Waals surface area contributed by atoms with E-state index in [1.807, 2.05) is 43.3 Å². The van der Waals surface area contributed by atoms with E-state index in [1.54, 1.807) is 31.3 Å². The van der Waals surface area contributed by atoms with Gasteiger partial charge in [0, 0.05) is 16.9 Å². The summed E-state index contributed by atoms with van der Waals surface area (Å²) in [5.41, 5.74) is 11.1. The first-order valence-electron chi connectivity index (χ1n) is 16.9. The van der Waals surface area contributed by atoms with E-state index in [4.69, 9.17) is 14.2 Å². The number of rotatable bonds is 13. The number of urea groups is 1. The molecule has 2 atom stereocenters. The number of aromatic nitrogens is 1. The number of aryl methyl sites for hydroxylation is 1. The zero-order valence-electron chi connectivity index (χ0n) is 29.4. The van der Waals surface area contributed by atoms with Crippen molar-refractivity contribution in [3.8, 4) is 39.7 Å². The number of hydrazone groups is 1. The first-order valence-corrected chi connectivity index (χ1v) is 16.9. The Labute approximate surface area is 302 Å². The lowest BCUT2D eigenvalue weighted by Gasteiger charge is -2.28. The highest BCUT2D eigenvalue weighted by molar-refractivity contribution is 5.95. The van der Waals surface area contributed by atoms with Crippen LogP contribution >= 0.6 is 0 Å². The molecule has 266 valence electrons. The Hall–Kier alpha value is -6.33. The summed E-state index contributed by atoms with van der Waals surface area (Å²) in [7, 11) is 1.29. The average molecular weight is 700 g/mol. The maximum atomic E-state index is 12.6. The van der Waals surface area contributed by atoms with E-state index in [-0.39, 0.29) is 12.2 Å². The highest BCUT2D eigenvalue weighted by atomic mass is 16.5. The molecule has 0 aliphatic carbocycles. The minimum atomic E-state index is -1.17. The topological polar surface area (TPSA) is 135 Å². The molecule has 0 spiro atoms. The van der Waals surface area contributed by atoms with Crippen molar-refractivity contribution in [1.82, 2.24) is 20.6 Å². The number of carbonyl (C=O) groups excluding carboxylic acids is 2. The Morgan fingerprint density at radius 3 is 2.29 bits per heavy atom. The summed E-state index contributed by atoms with van der Waals surface area (Å²) in [6.07, 6.45) is 0.531. The molecule has 4 N–H and O–H groups in total. The smallest absolute Gasteiger partial charge is 0.337 e. The largest absolute Gasteiger partial charge is 0.490 e. The van der Waals surface area contributed by atoms with Gasteiger partial charge in [-0.1, -0.05) is 84.4 Å². The number of hydrogen-bond donors (Lipinski definition) is 4. The summed E-state index contributed by atoms with van der Waals surface area (Å²) >= 11 is 0. The lowest BCUT2D eigenvalue weighted by molar-refractivity contribution is -0.136. The van der Waals surface area contributed by atoms with E-state index >= 15 is 0 Å². The van der Waals surface area contributed by atoms with Crippen LogP contribution in [0, 0.1) is 6.92 Å². The second-order valence-electron chi connectivity index (χ2n) is 12.2. The fraction of sp³-hybridized carbons (Fsp3) is 0.195. The molecule has 4 aromatic carbocycles. The number of nitrogens with one attached hydrogen (secondary N) is 3. The molecule has 0 unspecified atom stereocenters. The van der Waals surface area contributed by atoms with Crippen molar-refractivity contribution in [2.45, 2.75) is 33.0 Å². The number of carbonyl (C=O) groups is 2. The van der Waals surface area contributed by atoms with E-state index < -0.39 is 24.3 Å². The van der Waals surface area contributed by atoms with E-state index in [1.165, 1.54) is 12.7 Å². The quantitative estimate of drug-likeness (QED) is 0.0469. The third kappa shape index (κ3) is 7.85. The highest BCUT2D eigenvalue weighted by Gasteiger charge is 2.32. The predicted molar refractivity (Wildman–Crippen MR) is 200 cm³/mol. The van der Waals surface area contributed by atoms with Crippen LogP contribution in [0.15, 0.2) is 126 Å². The predicted octanol–water partition coefficient (Wildman–Crippen LogP) is 6.64. The van der Waals surface area contributed by atoms with Crippen LogP contribution in [0.5, 0.6) is 11.5 Å². The molecular weight excluding hydrogens is 658 g/mol. The number of aliphatic hydroxyl groups excluding tert-OH is 1. The molecule has 11 nitrogen and oxygen atoms in total. The first-order chi connectivity index (χ1) is 25.3. The number of amides is 2. The summed E-state index contributed by atoms with van der Waals surface area (Å²) in [5.74, 6) is 0.177. The molecule has 0 radical (unpaired) electrons. The number of aliphatic hydroxyl groups is 1. The standard InChI is InChI=1S/C41H41N5O6/c1-5-51-35-23-30(38-37(40(48)50-4)27(3)43-41(49)44-38)18-21-34(35)52-25-36(47)45-42-24-31-22-33(28-12-8-6-9-13-28)46(32-19-16-26(2)17-20-32)39(31)29-14-10-7-11-15-29/h6-24,36,38,45,47H,5,25H2,1-4H3,(H2,43,44,49)/b42-24+/t36-,38-/m0/s1. The van der Waals surface area contributed by atoms with Crippen LogP contribution < -0.4 is 25.5 Å². The van der Waals surface area contributed by atoms with Crippen LogP contribution in [0.2, 0.25) is 0 Å². The highest BCUT2D eigenvalue weighted by Crippen LogP contribution is 2.37. The Morgan fingerprint density at radius 1 is 0.923 bits per heavy atom. The molecule has 0 bridgehead atoms. The van der Waals surface area contributed by atoms with Crippen LogP contribution in [0.1, 0.15) is 36.6 Å². The Kier molecular flexibility index (Phi) is 11.0. The number of hydrogen-bond acceptors (Lipinski definition) is 8. The van der Waals surface area contributed by atoms with Crippen molar-refractivity contribution in [1.29, 1.82) is 0 Å². The van der Waals surface area contributed by atoms with E-state index in [0.29, 0.717) is 29.4 Å². The Morgan fingerprint density at radius 2 is 1.62 bits per heavy atom. The van der Waals surface area contributed by atoms with Gasteiger partial charge in [0.15, 0.2) is 17.7 Å². The van der Waals surface area contributed by atoms with Gasteiger partial charge in [-0.15, -0.1) is 0 Å².